The molecule has 0 spiro atoms. The summed E-state index contributed by atoms with van der Waals surface area (Å²) in [5, 5.41) is 5.49. The first-order chi connectivity index (χ1) is 10.6. The molecule has 4 nitrogen and oxygen atoms in total. The number of hydrogen-bond donors (Lipinski definition) is 2. The van der Waals surface area contributed by atoms with Crippen molar-refractivity contribution in [2.24, 2.45) is 0 Å². The summed E-state index contributed by atoms with van der Waals surface area (Å²) in [7, 11) is 4.06. The molecule has 1 aromatic heterocycles. The van der Waals surface area contributed by atoms with Crippen LogP contribution in [0.1, 0.15) is 5.56 Å². The molecule has 4 heteroatoms. The van der Waals surface area contributed by atoms with E-state index < -0.39 is 0 Å². The fraction of sp³-hybridized carbons (Fsp3) is 0.167. The molecule has 2 aromatic carbocycles. The highest BCUT2D eigenvalue weighted by Gasteiger charge is 2.08. The van der Waals surface area contributed by atoms with Gasteiger partial charge < -0.3 is 16.0 Å². The van der Waals surface area contributed by atoms with E-state index in [1.165, 1.54) is 0 Å². The molecule has 3 aromatic rings. The first kappa shape index (κ1) is 14.2. The predicted octanol–water partition coefficient (Wildman–Crippen LogP) is 3.94. The van der Waals surface area contributed by atoms with Gasteiger partial charge in [0, 0.05) is 48.1 Å². The zero-order valence-electron chi connectivity index (χ0n) is 13.1. The molecule has 0 fully saturated rings. The van der Waals surface area contributed by atoms with E-state index in [0.717, 1.165) is 39.2 Å². The highest BCUT2D eigenvalue weighted by Crippen LogP contribution is 2.31. The number of nitrogens with one attached hydrogen (secondary N) is 1. The minimum atomic E-state index is 0.772. The normalized spacial score (nSPS) is 10.7. The summed E-state index contributed by atoms with van der Waals surface area (Å²) in [6.45, 7) is 2.07. The molecule has 0 saturated carbocycles. The van der Waals surface area contributed by atoms with Crippen molar-refractivity contribution in [2.45, 2.75) is 6.92 Å². The van der Waals surface area contributed by atoms with E-state index in [1.54, 1.807) is 6.20 Å². The first-order valence-electron chi connectivity index (χ1n) is 7.24. The van der Waals surface area contributed by atoms with Crippen molar-refractivity contribution in [3.63, 3.8) is 0 Å². The van der Waals surface area contributed by atoms with Gasteiger partial charge in [-0.1, -0.05) is 6.07 Å². The van der Waals surface area contributed by atoms with E-state index in [0.29, 0.717) is 0 Å². The van der Waals surface area contributed by atoms with Crippen LogP contribution in [0.5, 0.6) is 0 Å². The Labute approximate surface area is 130 Å². The van der Waals surface area contributed by atoms with Crippen LogP contribution >= 0.6 is 0 Å². The number of nitrogen functional groups attached to an aromatic ring is 1. The van der Waals surface area contributed by atoms with Gasteiger partial charge >= 0.3 is 0 Å². The van der Waals surface area contributed by atoms with Crippen LogP contribution in [0.3, 0.4) is 0 Å². The van der Waals surface area contributed by atoms with Gasteiger partial charge in [0.1, 0.15) is 5.82 Å². The topological polar surface area (TPSA) is 54.2 Å². The summed E-state index contributed by atoms with van der Waals surface area (Å²) in [5.74, 6) is 0.833. The lowest BCUT2D eigenvalue weighted by atomic mass is 10.1. The number of rotatable bonds is 3. The monoisotopic (exact) mass is 292 g/mol. The maximum absolute atomic E-state index is 6.08. The smallest absolute Gasteiger partial charge is 0.138 e. The molecule has 3 N–H and O–H groups in total. The maximum atomic E-state index is 6.08. The van der Waals surface area contributed by atoms with Gasteiger partial charge in [-0.25, -0.2) is 4.98 Å². The molecular weight excluding hydrogens is 272 g/mol. The van der Waals surface area contributed by atoms with Crippen molar-refractivity contribution in [1.82, 2.24) is 4.98 Å². The van der Waals surface area contributed by atoms with E-state index in [-0.39, 0.29) is 0 Å². The van der Waals surface area contributed by atoms with Gasteiger partial charge in [-0.3, -0.25) is 0 Å². The number of hydrogen-bond acceptors (Lipinski definition) is 4. The van der Waals surface area contributed by atoms with E-state index in [1.807, 2.05) is 32.3 Å². The Hall–Kier alpha value is -2.75. The third-order valence-corrected chi connectivity index (χ3v) is 3.82. The number of aryl methyl sites for hydroxylation is 1. The Bertz CT molecular complexity index is 807. The molecule has 0 amide bonds. The van der Waals surface area contributed by atoms with Gasteiger partial charge in [-0.2, -0.15) is 0 Å². The van der Waals surface area contributed by atoms with Crippen LogP contribution < -0.4 is 16.0 Å². The van der Waals surface area contributed by atoms with Crippen LogP contribution in [0, 0.1) is 6.92 Å². The number of fused-ring (bicyclic) bond motifs is 1. The summed E-state index contributed by atoms with van der Waals surface area (Å²) < 4.78 is 0. The summed E-state index contributed by atoms with van der Waals surface area (Å²) in [6, 6.07) is 14.2. The lowest BCUT2D eigenvalue weighted by Gasteiger charge is -2.15. The van der Waals surface area contributed by atoms with Crippen molar-refractivity contribution in [2.75, 3.05) is 30.0 Å². The number of pyridine rings is 1. The molecule has 0 aliphatic rings. The average molecular weight is 292 g/mol. The molecule has 0 radical (unpaired) electrons. The summed E-state index contributed by atoms with van der Waals surface area (Å²) in [4.78, 5) is 6.56. The van der Waals surface area contributed by atoms with E-state index in [4.69, 9.17) is 5.73 Å². The van der Waals surface area contributed by atoms with Crippen molar-refractivity contribution < 1.29 is 0 Å². The minimum absolute atomic E-state index is 0.772. The highest BCUT2D eigenvalue weighted by molar-refractivity contribution is 6.02. The van der Waals surface area contributed by atoms with Gasteiger partial charge in [0.25, 0.3) is 0 Å². The zero-order chi connectivity index (χ0) is 15.7. The summed E-state index contributed by atoms with van der Waals surface area (Å²) in [6.07, 6.45) is 1.79. The Morgan fingerprint density at radius 1 is 1.00 bits per heavy atom. The molecule has 0 saturated heterocycles. The summed E-state index contributed by atoms with van der Waals surface area (Å²) in [5.41, 5.74) is 10.2. The summed E-state index contributed by atoms with van der Waals surface area (Å²) >= 11 is 0. The first-order valence-corrected chi connectivity index (χ1v) is 7.24. The number of aromatic nitrogens is 1. The largest absolute Gasteiger partial charge is 0.398 e. The van der Waals surface area contributed by atoms with Crippen LogP contribution in [-0.2, 0) is 0 Å². The molecule has 0 bridgehead atoms. The van der Waals surface area contributed by atoms with Crippen molar-refractivity contribution in [3.05, 3.63) is 54.2 Å². The zero-order valence-corrected chi connectivity index (χ0v) is 13.1. The number of benzene rings is 2. The molecule has 0 aliphatic heterocycles. The number of nitrogens with two attached hydrogens (primary N) is 1. The van der Waals surface area contributed by atoms with Gasteiger partial charge in [-0.05, 0) is 48.9 Å². The molecule has 1 heterocycles. The second-order valence-corrected chi connectivity index (χ2v) is 5.62. The third kappa shape index (κ3) is 2.55. The molecule has 0 aliphatic carbocycles. The highest BCUT2D eigenvalue weighted by atomic mass is 15.1. The lowest BCUT2D eigenvalue weighted by Crippen LogP contribution is -2.08. The Morgan fingerprint density at radius 2 is 1.73 bits per heavy atom. The quantitative estimate of drug-likeness (QED) is 0.718. The predicted molar refractivity (Wildman–Crippen MR) is 94.9 cm³/mol. The second kappa shape index (κ2) is 5.56. The Balaban J connectivity index is 2.02. The van der Waals surface area contributed by atoms with Crippen molar-refractivity contribution in [3.8, 4) is 0 Å². The van der Waals surface area contributed by atoms with E-state index >= 15 is 0 Å². The van der Waals surface area contributed by atoms with Gasteiger partial charge in [0.2, 0.25) is 0 Å². The van der Waals surface area contributed by atoms with Crippen LogP contribution in [0.4, 0.5) is 22.9 Å². The molecule has 0 unspecified atom stereocenters. The minimum Gasteiger partial charge on any atom is -0.398 e. The molecular formula is C18H20N4. The van der Waals surface area contributed by atoms with Gasteiger partial charge in [0.05, 0.1) is 0 Å². The third-order valence-electron chi connectivity index (χ3n) is 3.82. The van der Waals surface area contributed by atoms with Crippen LogP contribution in [0.15, 0.2) is 48.7 Å². The van der Waals surface area contributed by atoms with Crippen molar-refractivity contribution >= 4 is 33.7 Å². The molecule has 22 heavy (non-hydrogen) atoms. The Kier molecular flexibility index (Phi) is 3.59. The molecule has 3 rings (SSSR count). The van der Waals surface area contributed by atoms with Crippen molar-refractivity contribution in [1.29, 1.82) is 0 Å². The second-order valence-electron chi connectivity index (χ2n) is 5.62. The fourth-order valence-electron chi connectivity index (χ4n) is 2.56. The maximum Gasteiger partial charge on any atom is 0.138 e. The SMILES string of the molecule is Cc1ccc(N)c2ccnc(Nc3ccc(N(C)C)cc3)c12. The van der Waals surface area contributed by atoms with Gasteiger partial charge in [0.15, 0.2) is 0 Å². The Morgan fingerprint density at radius 3 is 2.41 bits per heavy atom. The van der Waals surface area contributed by atoms with Crippen LogP contribution in [-0.4, -0.2) is 19.1 Å². The van der Waals surface area contributed by atoms with Crippen LogP contribution in [0.25, 0.3) is 10.8 Å². The molecule has 112 valence electrons. The lowest BCUT2D eigenvalue weighted by molar-refractivity contribution is 1.13. The van der Waals surface area contributed by atoms with E-state index in [2.05, 4.69) is 46.4 Å². The molecule has 0 atom stereocenters. The van der Waals surface area contributed by atoms with Crippen LogP contribution in [0.2, 0.25) is 0 Å². The fourth-order valence-corrected chi connectivity index (χ4v) is 2.56. The number of anilines is 4. The average Bonchev–Trinajstić information content (AvgIpc) is 2.52. The van der Waals surface area contributed by atoms with Gasteiger partial charge in [-0.15, -0.1) is 0 Å². The number of nitrogens with zero attached hydrogens (tertiary/aromatic N) is 2. The standard InChI is InChI=1S/C18H20N4/c1-12-4-9-16(19)15-10-11-20-18(17(12)15)21-13-5-7-14(8-6-13)22(2)3/h4-11H,19H2,1-3H3,(H,20,21). The van der Waals surface area contributed by atoms with E-state index in [9.17, 15) is 0 Å².